The Bertz CT molecular complexity index is 882. The Morgan fingerprint density at radius 1 is 1.60 bits per heavy atom. The van der Waals surface area contributed by atoms with Gasteiger partial charge in [0.1, 0.15) is 18.5 Å². The second-order valence-electron chi connectivity index (χ2n) is 5.78. The number of halogens is 1. The number of imidazole rings is 1. The summed E-state index contributed by atoms with van der Waals surface area (Å²) in [5.41, 5.74) is -0.0328. The molecule has 1 aliphatic rings. The Kier molecular flexibility index (Phi) is 4.93. The van der Waals surface area contributed by atoms with Crippen LogP contribution in [0.3, 0.4) is 0 Å². The first-order valence-corrected chi connectivity index (χ1v) is 9.92. The van der Waals surface area contributed by atoms with E-state index in [4.69, 9.17) is 14.5 Å². The summed E-state index contributed by atoms with van der Waals surface area (Å²) < 4.78 is 25.9. The number of alkyl halides is 1. The van der Waals surface area contributed by atoms with Crippen molar-refractivity contribution in [3.05, 3.63) is 16.7 Å². The lowest BCUT2D eigenvalue weighted by molar-refractivity contribution is -0.0291. The van der Waals surface area contributed by atoms with Crippen LogP contribution in [0.2, 0.25) is 0 Å². The van der Waals surface area contributed by atoms with Gasteiger partial charge in [-0.1, -0.05) is 0 Å². The first-order valence-electron chi connectivity index (χ1n) is 7.29. The van der Waals surface area contributed by atoms with Crippen molar-refractivity contribution in [2.24, 2.45) is 0 Å². The van der Waals surface area contributed by atoms with E-state index in [0.717, 1.165) is 0 Å². The van der Waals surface area contributed by atoms with Gasteiger partial charge in [-0.15, -0.1) is 0 Å². The second kappa shape index (κ2) is 6.71. The summed E-state index contributed by atoms with van der Waals surface area (Å²) in [7, 11) is 3.44. The molecule has 10 nitrogen and oxygen atoms in total. The van der Waals surface area contributed by atoms with Crippen molar-refractivity contribution < 1.29 is 23.4 Å². The molecule has 0 amide bonds. The van der Waals surface area contributed by atoms with Gasteiger partial charge in [-0.05, 0) is 11.8 Å². The van der Waals surface area contributed by atoms with Crippen molar-refractivity contribution in [3.8, 4) is 0 Å². The fourth-order valence-corrected chi connectivity index (χ4v) is 3.04. The second-order valence-corrected chi connectivity index (χ2v) is 8.44. The number of H-pyrrole nitrogens is 1. The van der Waals surface area contributed by atoms with E-state index in [2.05, 4.69) is 31.3 Å². The fourth-order valence-electron chi connectivity index (χ4n) is 2.52. The summed E-state index contributed by atoms with van der Waals surface area (Å²) in [5, 5.41) is 0. The van der Waals surface area contributed by atoms with Gasteiger partial charge in [0.25, 0.3) is 5.56 Å². The molecule has 13 heteroatoms. The third-order valence-electron chi connectivity index (χ3n) is 3.72. The topological polar surface area (TPSA) is 126 Å². The summed E-state index contributed by atoms with van der Waals surface area (Å²) in [6.07, 6.45) is -1.84. The molecule has 1 saturated heterocycles. The van der Waals surface area contributed by atoms with Crippen LogP contribution < -0.4 is 10.5 Å². The zero-order chi connectivity index (χ0) is 18.4. The van der Waals surface area contributed by atoms with Gasteiger partial charge in [-0.2, -0.15) is 4.98 Å². The van der Waals surface area contributed by atoms with Crippen LogP contribution >= 0.6 is 6.72 Å². The van der Waals surface area contributed by atoms with Crippen molar-refractivity contribution >= 4 is 35.6 Å². The Balaban J connectivity index is 1.87. The SMILES string of the molecule is CN(C)c1nc2c(ncn2[C@H]2C[C@@H](F)[C@@H](COP(O)(O)=S)O2)c(=O)[nH]1. The highest BCUT2D eigenvalue weighted by Crippen LogP contribution is 2.39. The van der Waals surface area contributed by atoms with E-state index < -0.39 is 30.8 Å². The minimum Gasteiger partial charge on any atom is -0.349 e. The summed E-state index contributed by atoms with van der Waals surface area (Å²) in [4.78, 5) is 42.8. The smallest absolute Gasteiger partial charge is 0.321 e. The van der Waals surface area contributed by atoms with Gasteiger partial charge in [0.05, 0.1) is 12.9 Å². The van der Waals surface area contributed by atoms with Gasteiger partial charge in [0, 0.05) is 20.5 Å². The molecule has 0 unspecified atom stereocenters. The number of aromatic nitrogens is 4. The predicted octanol–water partition coefficient (Wildman–Crippen LogP) is 0.0369. The molecule has 0 saturated carbocycles. The van der Waals surface area contributed by atoms with Crippen molar-refractivity contribution in [1.82, 2.24) is 19.5 Å². The van der Waals surface area contributed by atoms with Gasteiger partial charge in [0.15, 0.2) is 11.2 Å². The van der Waals surface area contributed by atoms with Crippen LogP contribution in [-0.2, 0) is 21.1 Å². The number of ether oxygens (including phenoxy) is 1. The Morgan fingerprint density at radius 3 is 2.96 bits per heavy atom. The van der Waals surface area contributed by atoms with Crippen LogP contribution in [0.4, 0.5) is 10.3 Å². The molecule has 3 rings (SSSR count). The van der Waals surface area contributed by atoms with Crippen molar-refractivity contribution in [1.29, 1.82) is 0 Å². The maximum Gasteiger partial charge on any atom is 0.321 e. The van der Waals surface area contributed by atoms with Crippen molar-refractivity contribution in [2.45, 2.75) is 24.9 Å². The monoisotopic (exact) mass is 393 g/mol. The highest BCUT2D eigenvalue weighted by atomic mass is 32.5. The average Bonchev–Trinajstić information content (AvgIpc) is 3.08. The average molecular weight is 393 g/mol. The van der Waals surface area contributed by atoms with Crippen LogP contribution in [0.1, 0.15) is 12.6 Å². The molecule has 25 heavy (non-hydrogen) atoms. The third kappa shape index (κ3) is 3.89. The number of aromatic amines is 1. The molecule has 1 fully saturated rings. The van der Waals surface area contributed by atoms with Crippen LogP contribution in [0.25, 0.3) is 11.2 Å². The van der Waals surface area contributed by atoms with E-state index in [-0.39, 0.29) is 24.2 Å². The largest absolute Gasteiger partial charge is 0.349 e. The number of nitrogens with one attached hydrogen (secondary N) is 1. The van der Waals surface area contributed by atoms with Gasteiger partial charge in [0.2, 0.25) is 5.95 Å². The molecule has 0 aliphatic carbocycles. The number of hydrogen-bond donors (Lipinski definition) is 3. The number of hydrogen-bond acceptors (Lipinski definition) is 7. The molecule has 2 aromatic heterocycles. The standard InChI is InChI=1S/C12H17FN5O5PS/c1-17(2)12-15-10-9(11(19)16-12)14-5-18(10)8-3-6(13)7(23-8)4-22-24(20,21)25/h5-8H,3-4H2,1-2H3,(H,15,16,19)(H2,20,21,25)/t6-,7-,8-/m1/s1. The highest BCUT2D eigenvalue weighted by molar-refractivity contribution is 8.06. The predicted molar refractivity (Wildman–Crippen MR) is 90.6 cm³/mol. The quantitative estimate of drug-likeness (QED) is 0.604. The molecule has 0 bridgehead atoms. The fraction of sp³-hybridized carbons (Fsp3) is 0.583. The minimum absolute atomic E-state index is 0.0228. The lowest BCUT2D eigenvalue weighted by atomic mass is 10.2. The zero-order valence-electron chi connectivity index (χ0n) is 13.4. The van der Waals surface area contributed by atoms with Crippen LogP contribution in [0, 0.1) is 0 Å². The minimum atomic E-state index is -3.88. The number of fused-ring (bicyclic) bond motifs is 1. The third-order valence-corrected chi connectivity index (χ3v) is 4.52. The summed E-state index contributed by atoms with van der Waals surface area (Å²) in [5.74, 6) is 0.329. The Morgan fingerprint density at radius 2 is 2.32 bits per heavy atom. The molecule has 0 radical (unpaired) electrons. The van der Waals surface area contributed by atoms with Gasteiger partial charge >= 0.3 is 6.72 Å². The van der Waals surface area contributed by atoms with Gasteiger partial charge in [-0.25, -0.2) is 9.37 Å². The summed E-state index contributed by atoms with van der Waals surface area (Å²) in [6.45, 7) is -4.27. The highest BCUT2D eigenvalue weighted by Gasteiger charge is 2.38. The Labute approximate surface area is 146 Å². The number of rotatable bonds is 5. The van der Waals surface area contributed by atoms with E-state index >= 15 is 0 Å². The first kappa shape index (κ1) is 18.4. The van der Waals surface area contributed by atoms with E-state index in [1.807, 2.05) is 0 Å². The molecular formula is C12H17FN5O5PS. The van der Waals surface area contributed by atoms with Gasteiger partial charge in [-0.3, -0.25) is 14.3 Å². The number of anilines is 1. The van der Waals surface area contributed by atoms with Gasteiger partial charge < -0.3 is 23.9 Å². The van der Waals surface area contributed by atoms with E-state index in [1.165, 1.54) is 10.9 Å². The first-order chi connectivity index (χ1) is 11.7. The van der Waals surface area contributed by atoms with Crippen molar-refractivity contribution in [2.75, 3.05) is 25.6 Å². The van der Waals surface area contributed by atoms with Crippen LogP contribution in [0.15, 0.2) is 11.1 Å². The molecular weight excluding hydrogens is 376 g/mol. The van der Waals surface area contributed by atoms with E-state index in [0.29, 0.717) is 5.95 Å². The molecule has 138 valence electrons. The maximum atomic E-state index is 14.2. The lowest BCUT2D eigenvalue weighted by Gasteiger charge is -2.17. The molecule has 2 aromatic rings. The van der Waals surface area contributed by atoms with E-state index in [9.17, 15) is 9.18 Å². The van der Waals surface area contributed by atoms with Crippen LogP contribution in [-0.4, -0.2) is 62.3 Å². The maximum absolute atomic E-state index is 14.2. The van der Waals surface area contributed by atoms with E-state index in [1.54, 1.807) is 19.0 Å². The molecule has 0 aromatic carbocycles. The molecule has 1 aliphatic heterocycles. The Hall–Kier alpha value is -1.43. The summed E-state index contributed by atoms with van der Waals surface area (Å²) in [6, 6.07) is 0. The normalized spacial score (nSPS) is 24.1. The molecule has 3 atom stereocenters. The summed E-state index contributed by atoms with van der Waals surface area (Å²) >= 11 is 4.34. The molecule has 3 N–H and O–H groups in total. The van der Waals surface area contributed by atoms with Crippen molar-refractivity contribution in [3.63, 3.8) is 0 Å². The molecule has 0 spiro atoms. The lowest BCUT2D eigenvalue weighted by Crippen LogP contribution is -2.23. The molecule has 3 heterocycles. The van der Waals surface area contributed by atoms with Crippen LogP contribution in [0.5, 0.6) is 0 Å². The zero-order valence-corrected chi connectivity index (χ0v) is 15.1. The number of nitrogens with zero attached hydrogens (tertiary/aromatic N) is 4.